The molecule has 2 aromatic heterocycles. The van der Waals surface area contributed by atoms with E-state index < -0.39 is 0 Å². The van der Waals surface area contributed by atoms with E-state index in [1.165, 1.54) is 5.56 Å². The fourth-order valence-electron chi connectivity index (χ4n) is 1.13. The molecule has 0 fully saturated rings. The van der Waals surface area contributed by atoms with Gasteiger partial charge in [0.2, 0.25) is 0 Å². The molecule has 15 heavy (non-hydrogen) atoms. The molecule has 2 heterocycles. The van der Waals surface area contributed by atoms with Gasteiger partial charge in [0.25, 0.3) is 0 Å². The highest BCUT2D eigenvalue weighted by atomic mass is 14.8. The van der Waals surface area contributed by atoms with Gasteiger partial charge in [-0.2, -0.15) is 0 Å². The first-order valence-electron chi connectivity index (χ1n) is 5.20. The van der Waals surface area contributed by atoms with Crippen molar-refractivity contribution in [2.24, 2.45) is 0 Å². The molecule has 0 atom stereocenters. The van der Waals surface area contributed by atoms with E-state index in [9.17, 15) is 0 Å². The quantitative estimate of drug-likeness (QED) is 0.704. The largest absolute Gasteiger partial charge is 0.255 e. The first kappa shape index (κ1) is 11.4. The van der Waals surface area contributed by atoms with E-state index in [1.54, 1.807) is 6.20 Å². The van der Waals surface area contributed by atoms with Crippen molar-refractivity contribution in [1.29, 1.82) is 0 Å². The van der Waals surface area contributed by atoms with Crippen LogP contribution >= 0.6 is 0 Å². The Morgan fingerprint density at radius 2 is 1.60 bits per heavy atom. The predicted octanol–water partition coefficient (Wildman–Crippen LogP) is 3.48. The Hall–Kier alpha value is -1.70. The molecule has 0 spiro atoms. The summed E-state index contributed by atoms with van der Waals surface area (Å²) in [6, 6.07) is 9.84. The molecule has 0 unspecified atom stereocenters. The summed E-state index contributed by atoms with van der Waals surface area (Å²) in [5.74, 6) is 0. The highest BCUT2D eigenvalue weighted by molar-refractivity contribution is 5.53. The molecule has 0 aliphatic rings. The molecule has 2 nitrogen and oxygen atoms in total. The first-order chi connectivity index (χ1) is 7.36. The van der Waals surface area contributed by atoms with E-state index in [-0.39, 0.29) is 0 Å². The van der Waals surface area contributed by atoms with Crippen LogP contribution in [0.15, 0.2) is 42.7 Å². The van der Waals surface area contributed by atoms with Crippen molar-refractivity contribution in [2.75, 3.05) is 0 Å². The second kappa shape index (κ2) is 5.91. The van der Waals surface area contributed by atoms with Gasteiger partial charge < -0.3 is 0 Å². The van der Waals surface area contributed by atoms with Crippen LogP contribution < -0.4 is 0 Å². The molecule has 0 amide bonds. The summed E-state index contributed by atoms with van der Waals surface area (Å²) in [5.41, 5.74) is 3.01. The number of pyridine rings is 2. The lowest BCUT2D eigenvalue weighted by Crippen LogP contribution is -1.85. The number of nitrogens with zero attached hydrogens (tertiary/aromatic N) is 2. The molecule has 2 rings (SSSR count). The second-order valence-corrected chi connectivity index (χ2v) is 2.94. The van der Waals surface area contributed by atoms with Crippen LogP contribution in [0.3, 0.4) is 0 Å². The minimum absolute atomic E-state index is 0.919. The van der Waals surface area contributed by atoms with Crippen molar-refractivity contribution >= 4 is 0 Å². The summed E-state index contributed by atoms with van der Waals surface area (Å²) in [6.07, 6.45) is 3.63. The normalized spacial score (nSPS) is 9.00. The van der Waals surface area contributed by atoms with Gasteiger partial charge in [0.05, 0.1) is 11.4 Å². The van der Waals surface area contributed by atoms with Crippen molar-refractivity contribution in [1.82, 2.24) is 9.97 Å². The summed E-state index contributed by atoms with van der Waals surface area (Å²) in [7, 11) is 0. The molecule has 0 bridgehead atoms. The monoisotopic (exact) mass is 200 g/mol. The van der Waals surface area contributed by atoms with Crippen LogP contribution in [0.25, 0.3) is 11.4 Å². The van der Waals surface area contributed by atoms with Crippen molar-refractivity contribution in [2.45, 2.75) is 20.8 Å². The van der Waals surface area contributed by atoms with E-state index in [2.05, 4.69) is 9.97 Å². The molecule has 0 aliphatic heterocycles. The van der Waals surface area contributed by atoms with Gasteiger partial charge in [-0.3, -0.25) is 9.97 Å². The number of hydrogen-bond donors (Lipinski definition) is 0. The minimum Gasteiger partial charge on any atom is -0.255 e. The molecule has 0 N–H and O–H groups in total. The van der Waals surface area contributed by atoms with Gasteiger partial charge in [-0.1, -0.05) is 26.0 Å². The van der Waals surface area contributed by atoms with Crippen molar-refractivity contribution in [3.05, 3.63) is 48.3 Å². The maximum atomic E-state index is 4.29. The van der Waals surface area contributed by atoms with Crippen molar-refractivity contribution in [3.63, 3.8) is 0 Å². The van der Waals surface area contributed by atoms with Gasteiger partial charge in [-0.25, -0.2) is 0 Å². The van der Waals surface area contributed by atoms with Crippen molar-refractivity contribution < 1.29 is 0 Å². The topological polar surface area (TPSA) is 25.8 Å². The molecule has 2 aromatic rings. The second-order valence-electron chi connectivity index (χ2n) is 2.94. The molecular formula is C13H16N2. The number of hydrogen-bond acceptors (Lipinski definition) is 2. The third-order valence-electron chi connectivity index (χ3n) is 1.84. The van der Waals surface area contributed by atoms with Crippen LogP contribution in [-0.2, 0) is 0 Å². The SMILES string of the molecule is CC.Cc1ccc(-c2ccccn2)nc1. The molecule has 78 valence electrons. The summed E-state index contributed by atoms with van der Waals surface area (Å²) in [5, 5.41) is 0. The summed E-state index contributed by atoms with van der Waals surface area (Å²) in [4.78, 5) is 8.50. The molecule has 0 radical (unpaired) electrons. The van der Waals surface area contributed by atoms with Crippen LogP contribution in [0, 0.1) is 6.92 Å². The highest BCUT2D eigenvalue weighted by Crippen LogP contribution is 2.12. The minimum atomic E-state index is 0.919. The van der Waals surface area contributed by atoms with E-state index in [0.29, 0.717) is 0 Å². The fourth-order valence-corrected chi connectivity index (χ4v) is 1.13. The lowest BCUT2D eigenvalue weighted by molar-refractivity contribution is 1.22. The average Bonchev–Trinajstić information content (AvgIpc) is 2.34. The van der Waals surface area contributed by atoms with Crippen LogP contribution in [0.5, 0.6) is 0 Å². The molecule has 0 aliphatic carbocycles. The van der Waals surface area contributed by atoms with E-state index in [0.717, 1.165) is 11.4 Å². The van der Waals surface area contributed by atoms with Gasteiger partial charge in [0.15, 0.2) is 0 Å². The van der Waals surface area contributed by atoms with E-state index in [1.807, 2.05) is 57.3 Å². The Morgan fingerprint density at radius 3 is 2.13 bits per heavy atom. The van der Waals surface area contributed by atoms with Gasteiger partial charge >= 0.3 is 0 Å². The van der Waals surface area contributed by atoms with Crippen molar-refractivity contribution in [3.8, 4) is 11.4 Å². The van der Waals surface area contributed by atoms with Crippen LogP contribution in [0.2, 0.25) is 0 Å². The van der Waals surface area contributed by atoms with Gasteiger partial charge in [-0.15, -0.1) is 0 Å². The van der Waals surface area contributed by atoms with Gasteiger partial charge in [0, 0.05) is 12.4 Å². The van der Waals surface area contributed by atoms with Crippen LogP contribution in [0.1, 0.15) is 19.4 Å². The number of aromatic nitrogens is 2. The molecule has 0 aromatic carbocycles. The summed E-state index contributed by atoms with van der Waals surface area (Å²) in [6.45, 7) is 6.02. The number of rotatable bonds is 1. The van der Waals surface area contributed by atoms with Gasteiger partial charge in [0.1, 0.15) is 0 Å². The maximum Gasteiger partial charge on any atom is 0.0886 e. The third-order valence-corrected chi connectivity index (χ3v) is 1.84. The molecular weight excluding hydrogens is 184 g/mol. The Morgan fingerprint density at radius 1 is 0.867 bits per heavy atom. The predicted molar refractivity (Wildman–Crippen MR) is 63.6 cm³/mol. The zero-order valence-corrected chi connectivity index (χ0v) is 9.44. The zero-order valence-electron chi connectivity index (χ0n) is 9.44. The maximum absolute atomic E-state index is 4.29. The Bertz CT molecular complexity index is 379. The Balaban J connectivity index is 0.000000531. The average molecular weight is 200 g/mol. The first-order valence-corrected chi connectivity index (χ1v) is 5.20. The zero-order chi connectivity index (χ0) is 11.1. The lowest BCUT2D eigenvalue weighted by Gasteiger charge is -1.98. The van der Waals surface area contributed by atoms with Crippen LogP contribution in [0.4, 0.5) is 0 Å². The van der Waals surface area contributed by atoms with Crippen LogP contribution in [-0.4, -0.2) is 9.97 Å². The lowest BCUT2D eigenvalue weighted by atomic mass is 10.2. The van der Waals surface area contributed by atoms with Gasteiger partial charge in [-0.05, 0) is 30.7 Å². The smallest absolute Gasteiger partial charge is 0.0886 e. The molecule has 0 saturated carbocycles. The summed E-state index contributed by atoms with van der Waals surface area (Å²) >= 11 is 0. The highest BCUT2D eigenvalue weighted by Gasteiger charge is 1.97. The van der Waals surface area contributed by atoms with E-state index >= 15 is 0 Å². The van der Waals surface area contributed by atoms with E-state index in [4.69, 9.17) is 0 Å². The fraction of sp³-hybridized carbons (Fsp3) is 0.231. The Labute approximate surface area is 91.0 Å². The Kier molecular flexibility index (Phi) is 4.48. The molecule has 2 heteroatoms. The number of aryl methyl sites for hydroxylation is 1. The third kappa shape index (κ3) is 3.17. The molecule has 0 saturated heterocycles. The summed E-state index contributed by atoms with van der Waals surface area (Å²) < 4.78 is 0. The standard InChI is InChI=1S/C11H10N2.C2H6/c1-9-5-6-11(13-8-9)10-4-2-3-7-12-10;1-2/h2-8H,1H3;1-2H3.